The van der Waals surface area contributed by atoms with Gasteiger partial charge in [-0.15, -0.1) is 0 Å². The number of hydrogen-bond donors (Lipinski definition) is 3. The molecule has 8 nitrogen and oxygen atoms in total. The molecule has 1 aliphatic rings. The second kappa shape index (κ2) is 15.8. The topological polar surface area (TPSA) is 108 Å². The fraction of sp³-hybridized carbons (Fsp3) is 0.464. The Morgan fingerprint density at radius 3 is 2.50 bits per heavy atom. The first-order valence-electron chi connectivity index (χ1n) is 12.7. The largest absolute Gasteiger partial charge is 1.00 e. The van der Waals surface area contributed by atoms with Crippen molar-refractivity contribution in [2.45, 2.75) is 51.7 Å². The number of ether oxygens (including phenoxy) is 1. The van der Waals surface area contributed by atoms with Crippen molar-refractivity contribution in [1.82, 2.24) is 15.5 Å². The number of thioether (sulfide) groups is 1. The average Bonchev–Trinajstić information content (AvgIpc) is 2.90. The van der Waals surface area contributed by atoms with Crippen molar-refractivity contribution in [3.63, 3.8) is 0 Å². The molecule has 1 heterocycles. The fourth-order valence-electron chi connectivity index (χ4n) is 4.47. The number of carbonyl (C=O) groups excluding carboxylic acids is 2. The van der Waals surface area contributed by atoms with Crippen LogP contribution >= 0.6 is 11.8 Å². The molecule has 1 aliphatic heterocycles. The molecule has 0 bridgehead atoms. The van der Waals surface area contributed by atoms with Crippen LogP contribution < -0.4 is 29.5 Å². The second-order valence-electron chi connectivity index (χ2n) is 9.18. The van der Waals surface area contributed by atoms with Crippen LogP contribution in [-0.4, -0.2) is 71.8 Å². The molecule has 202 valence electrons. The van der Waals surface area contributed by atoms with Gasteiger partial charge >= 0.3 is 30.9 Å². The molecule has 2 aromatic carbocycles. The van der Waals surface area contributed by atoms with E-state index in [4.69, 9.17) is 4.74 Å². The van der Waals surface area contributed by atoms with Crippen molar-refractivity contribution in [2.75, 3.05) is 31.7 Å². The Kier molecular flexibility index (Phi) is 13.2. The van der Waals surface area contributed by atoms with Gasteiger partial charge in [-0.25, -0.2) is 9.59 Å². The number of hydrogen-bond acceptors (Lipinski definition) is 6. The first-order chi connectivity index (χ1) is 17.8. The normalized spacial score (nSPS) is 14.3. The van der Waals surface area contributed by atoms with Crippen LogP contribution in [0.4, 0.5) is 4.79 Å². The SMILES string of the molecule is CCOC(=O)N1CCC(NCc2ccc(C(=O)NC(CCSC)C(=O)O)c(-c3ccccc3C)c2)CC1.[H-].[Li+]. The summed E-state index contributed by atoms with van der Waals surface area (Å²) in [5.41, 5.74) is 4.23. The molecule has 3 N–H and O–H groups in total. The van der Waals surface area contributed by atoms with Crippen molar-refractivity contribution in [2.24, 2.45) is 0 Å². The van der Waals surface area contributed by atoms with E-state index in [9.17, 15) is 19.5 Å². The predicted molar refractivity (Wildman–Crippen MR) is 148 cm³/mol. The van der Waals surface area contributed by atoms with Gasteiger partial charge in [0, 0.05) is 31.2 Å². The molecule has 0 saturated carbocycles. The monoisotopic (exact) mass is 535 g/mol. The van der Waals surface area contributed by atoms with Crippen molar-refractivity contribution in [1.29, 1.82) is 0 Å². The number of nitrogens with one attached hydrogen (secondary N) is 2. The van der Waals surface area contributed by atoms with Crippen molar-refractivity contribution in [3.05, 3.63) is 59.2 Å². The number of carboxylic acid groups (broad SMARTS) is 1. The number of carboxylic acids is 1. The number of piperidine rings is 1. The van der Waals surface area contributed by atoms with Crippen LogP contribution in [0.25, 0.3) is 11.1 Å². The minimum absolute atomic E-state index is 0. The van der Waals surface area contributed by atoms with E-state index >= 15 is 0 Å². The van der Waals surface area contributed by atoms with Gasteiger partial charge in [-0.2, -0.15) is 11.8 Å². The molecule has 0 radical (unpaired) electrons. The molecule has 2 aromatic rings. The van der Waals surface area contributed by atoms with Gasteiger partial charge in [0.15, 0.2) is 0 Å². The summed E-state index contributed by atoms with van der Waals surface area (Å²) in [6.45, 7) is 6.12. The fourth-order valence-corrected chi connectivity index (χ4v) is 4.94. The van der Waals surface area contributed by atoms with E-state index in [1.54, 1.807) is 22.7 Å². The summed E-state index contributed by atoms with van der Waals surface area (Å²) in [6.07, 6.45) is 3.70. The van der Waals surface area contributed by atoms with Crippen LogP contribution in [0.5, 0.6) is 0 Å². The minimum Gasteiger partial charge on any atom is -1.00 e. The van der Waals surface area contributed by atoms with E-state index in [2.05, 4.69) is 10.6 Å². The molecular weight excluding hydrogens is 497 g/mol. The van der Waals surface area contributed by atoms with Crippen LogP contribution in [-0.2, 0) is 16.1 Å². The van der Waals surface area contributed by atoms with Crippen LogP contribution in [0, 0.1) is 6.92 Å². The van der Waals surface area contributed by atoms with E-state index in [0.29, 0.717) is 44.0 Å². The van der Waals surface area contributed by atoms with Crippen LogP contribution in [0.3, 0.4) is 0 Å². The van der Waals surface area contributed by atoms with Gasteiger partial charge in [0.05, 0.1) is 6.61 Å². The second-order valence-corrected chi connectivity index (χ2v) is 10.2. The maximum absolute atomic E-state index is 13.2. The first kappa shape index (κ1) is 31.8. The summed E-state index contributed by atoms with van der Waals surface area (Å²) in [7, 11) is 0. The Morgan fingerprint density at radius 2 is 1.87 bits per heavy atom. The van der Waals surface area contributed by atoms with Gasteiger partial charge in [-0.05, 0) is 79.5 Å². The van der Waals surface area contributed by atoms with E-state index in [1.807, 2.05) is 56.5 Å². The average molecular weight is 536 g/mol. The number of benzene rings is 2. The van der Waals surface area contributed by atoms with Gasteiger partial charge in [0.1, 0.15) is 6.04 Å². The Morgan fingerprint density at radius 1 is 1.16 bits per heavy atom. The van der Waals surface area contributed by atoms with Crippen LogP contribution in [0.1, 0.15) is 49.1 Å². The molecule has 0 aliphatic carbocycles. The molecule has 0 aromatic heterocycles. The van der Waals surface area contributed by atoms with Gasteiger partial charge in [-0.1, -0.05) is 30.3 Å². The number of carbonyl (C=O) groups is 3. The predicted octanol–water partition coefficient (Wildman–Crippen LogP) is 1.43. The molecule has 2 amide bonds. The third-order valence-corrected chi connectivity index (χ3v) is 7.24. The quantitative estimate of drug-likeness (QED) is 0.374. The Bertz CT molecular complexity index is 1100. The third-order valence-electron chi connectivity index (χ3n) is 6.59. The molecule has 0 spiro atoms. The van der Waals surface area contributed by atoms with Gasteiger partial charge in [0.25, 0.3) is 5.91 Å². The van der Waals surface area contributed by atoms with Crippen molar-refractivity contribution < 1.29 is 44.5 Å². The van der Waals surface area contributed by atoms with Crippen molar-refractivity contribution >= 4 is 29.7 Å². The van der Waals surface area contributed by atoms with Crippen LogP contribution in [0.2, 0.25) is 0 Å². The molecule has 3 rings (SSSR count). The van der Waals surface area contributed by atoms with E-state index in [-0.39, 0.29) is 32.4 Å². The summed E-state index contributed by atoms with van der Waals surface area (Å²) >= 11 is 1.55. The summed E-state index contributed by atoms with van der Waals surface area (Å²) in [5.74, 6) is -0.780. The van der Waals surface area contributed by atoms with E-state index < -0.39 is 17.9 Å². The number of nitrogens with zero attached hydrogens (tertiary/aromatic N) is 1. The standard InChI is InChI=1S/C28H37N3O5S.Li.H/c1-4-36-28(35)31-14-11-21(12-15-31)29-18-20-9-10-23(24(17-20)22-8-6-5-7-19(22)2)26(32)30-25(27(33)34)13-16-37-3;;/h5-10,17,21,25,29H,4,11-16,18H2,1-3H3,(H,30,32)(H,33,34);;/q;+1;-1. The number of rotatable bonds is 11. The van der Waals surface area contributed by atoms with Crippen LogP contribution in [0.15, 0.2) is 42.5 Å². The van der Waals surface area contributed by atoms with Crippen molar-refractivity contribution in [3.8, 4) is 11.1 Å². The van der Waals surface area contributed by atoms with Gasteiger partial charge in [0.2, 0.25) is 0 Å². The summed E-state index contributed by atoms with van der Waals surface area (Å²) in [4.78, 5) is 38.6. The Labute approximate surface area is 242 Å². The molecule has 1 fully saturated rings. The zero-order chi connectivity index (χ0) is 26.8. The number of amides is 2. The van der Waals surface area contributed by atoms with E-state index in [1.165, 1.54) is 0 Å². The Hall–Kier alpha value is -2.44. The number of likely N-dealkylation sites (tertiary alicyclic amines) is 1. The number of aliphatic carboxylic acids is 1. The molecular formula is C28H38LiN3O5S. The Balaban J connectivity index is 0.00000380. The molecule has 1 atom stereocenters. The summed E-state index contributed by atoms with van der Waals surface area (Å²) in [5, 5.41) is 15.9. The summed E-state index contributed by atoms with van der Waals surface area (Å²) in [6, 6.07) is 12.9. The first-order valence-corrected chi connectivity index (χ1v) is 14.1. The zero-order valence-electron chi connectivity index (χ0n) is 23.8. The summed E-state index contributed by atoms with van der Waals surface area (Å²) < 4.78 is 5.10. The minimum atomic E-state index is -1.03. The number of aryl methyl sites for hydroxylation is 1. The molecule has 1 unspecified atom stereocenters. The smallest absolute Gasteiger partial charge is 1.00 e. The zero-order valence-corrected chi connectivity index (χ0v) is 23.6. The third kappa shape index (κ3) is 8.81. The maximum atomic E-state index is 13.2. The van der Waals surface area contributed by atoms with Gasteiger partial charge in [-0.3, -0.25) is 4.79 Å². The molecule has 10 heteroatoms. The molecule has 38 heavy (non-hydrogen) atoms. The molecule has 1 saturated heterocycles. The van der Waals surface area contributed by atoms with E-state index in [0.717, 1.165) is 35.1 Å². The maximum Gasteiger partial charge on any atom is 1.00 e. The van der Waals surface area contributed by atoms with Gasteiger partial charge < -0.3 is 26.8 Å².